The van der Waals surface area contributed by atoms with Gasteiger partial charge in [0.25, 0.3) is 5.91 Å². The monoisotopic (exact) mass is 303 g/mol. The summed E-state index contributed by atoms with van der Waals surface area (Å²) in [5, 5.41) is 12.0. The molecule has 0 saturated carbocycles. The van der Waals surface area contributed by atoms with E-state index in [0.717, 1.165) is 5.56 Å². The zero-order valence-electron chi connectivity index (χ0n) is 10.3. The maximum absolute atomic E-state index is 11.8. The summed E-state index contributed by atoms with van der Waals surface area (Å²) in [7, 11) is 0. The van der Waals surface area contributed by atoms with Crippen molar-refractivity contribution in [3.05, 3.63) is 22.1 Å². The minimum atomic E-state index is -0.346. The summed E-state index contributed by atoms with van der Waals surface area (Å²) in [6.45, 7) is 6.08. The molecule has 1 amide bonds. The van der Waals surface area contributed by atoms with Crippen LogP contribution in [0.2, 0.25) is 0 Å². The molecule has 1 aromatic heterocycles. The number of furan rings is 1. The van der Waals surface area contributed by atoms with E-state index in [-0.39, 0.29) is 17.9 Å². The Morgan fingerprint density at radius 2 is 2.24 bits per heavy atom. The van der Waals surface area contributed by atoms with Gasteiger partial charge in [-0.2, -0.15) is 0 Å². The third-order valence-corrected chi connectivity index (χ3v) is 2.84. The molecule has 2 atom stereocenters. The number of amides is 1. The highest BCUT2D eigenvalue weighted by Crippen LogP contribution is 2.19. The molecule has 0 radical (unpaired) electrons. The first-order chi connectivity index (χ1) is 7.90. The number of carbonyl (C=O) groups excluding carboxylic acids is 1. The predicted molar refractivity (Wildman–Crippen MR) is 68.9 cm³/mol. The van der Waals surface area contributed by atoms with Crippen LogP contribution in [-0.4, -0.2) is 23.7 Å². The van der Waals surface area contributed by atoms with E-state index < -0.39 is 0 Å². The molecule has 1 rings (SSSR count). The highest BCUT2D eigenvalue weighted by molar-refractivity contribution is 9.10. The minimum absolute atomic E-state index is 0.217. The van der Waals surface area contributed by atoms with Crippen molar-refractivity contribution in [3.8, 4) is 0 Å². The highest BCUT2D eigenvalue weighted by atomic mass is 79.9. The molecular formula is C12H18BrNO3. The first-order valence-electron chi connectivity index (χ1n) is 5.62. The van der Waals surface area contributed by atoms with Crippen LogP contribution in [0.4, 0.5) is 0 Å². The van der Waals surface area contributed by atoms with Gasteiger partial charge in [0.1, 0.15) is 0 Å². The predicted octanol–water partition coefficient (Wildman–Crippen LogP) is 2.49. The summed E-state index contributed by atoms with van der Waals surface area (Å²) >= 11 is 3.18. The van der Waals surface area contributed by atoms with E-state index in [1.54, 1.807) is 13.0 Å². The Labute approximate surface area is 110 Å². The van der Waals surface area contributed by atoms with Crippen LogP contribution in [-0.2, 0) is 0 Å². The zero-order valence-corrected chi connectivity index (χ0v) is 11.9. The Bertz CT molecular complexity index is 387. The van der Waals surface area contributed by atoms with Gasteiger partial charge in [0, 0.05) is 12.1 Å². The van der Waals surface area contributed by atoms with Crippen LogP contribution in [0.25, 0.3) is 0 Å². The molecule has 0 aliphatic carbocycles. The normalized spacial score (nSPS) is 14.4. The number of hydrogen-bond donors (Lipinski definition) is 2. The average molecular weight is 304 g/mol. The fraction of sp³-hybridized carbons (Fsp3) is 0.583. The number of carbonyl (C=O) groups is 1. The van der Waals surface area contributed by atoms with Crippen LogP contribution >= 0.6 is 15.9 Å². The van der Waals surface area contributed by atoms with Crippen molar-refractivity contribution in [2.24, 2.45) is 5.92 Å². The Kier molecular flexibility index (Phi) is 5.21. The number of aliphatic hydroxyl groups is 1. The van der Waals surface area contributed by atoms with E-state index in [4.69, 9.17) is 4.42 Å². The Hall–Kier alpha value is -0.810. The summed E-state index contributed by atoms with van der Waals surface area (Å²) < 4.78 is 5.80. The molecule has 0 saturated heterocycles. The minimum Gasteiger partial charge on any atom is -0.444 e. The highest BCUT2D eigenvalue weighted by Gasteiger charge is 2.15. The third kappa shape index (κ3) is 4.52. The summed E-state index contributed by atoms with van der Waals surface area (Å²) in [6.07, 6.45) is 0.322. The Morgan fingerprint density at radius 3 is 2.71 bits per heavy atom. The largest absolute Gasteiger partial charge is 0.444 e. The molecule has 17 heavy (non-hydrogen) atoms. The molecule has 5 heteroatoms. The summed E-state index contributed by atoms with van der Waals surface area (Å²) in [5.41, 5.74) is 0.803. The van der Waals surface area contributed by atoms with Crippen LogP contribution < -0.4 is 5.32 Å². The smallest absolute Gasteiger partial charge is 0.287 e. The number of aliphatic hydroxyl groups excluding tert-OH is 1. The van der Waals surface area contributed by atoms with Crippen molar-refractivity contribution in [1.29, 1.82) is 0 Å². The maximum Gasteiger partial charge on any atom is 0.287 e. The van der Waals surface area contributed by atoms with Gasteiger partial charge in [-0.15, -0.1) is 0 Å². The molecular weight excluding hydrogens is 286 g/mol. The van der Waals surface area contributed by atoms with Crippen LogP contribution in [0.15, 0.2) is 15.2 Å². The Balaban J connectivity index is 2.47. The van der Waals surface area contributed by atoms with Crippen LogP contribution in [0.1, 0.15) is 36.4 Å². The van der Waals surface area contributed by atoms with Gasteiger partial charge in [-0.25, -0.2) is 0 Å². The van der Waals surface area contributed by atoms with Crippen molar-refractivity contribution >= 4 is 21.8 Å². The van der Waals surface area contributed by atoms with Crippen molar-refractivity contribution in [2.75, 3.05) is 6.54 Å². The first kappa shape index (κ1) is 14.3. The van der Waals surface area contributed by atoms with Crippen molar-refractivity contribution in [1.82, 2.24) is 5.32 Å². The fourth-order valence-corrected chi connectivity index (χ4v) is 2.19. The molecule has 1 aromatic rings. The van der Waals surface area contributed by atoms with E-state index in [9.17, 15) is 9.90 Å². The lowest BCUT2D eigenvalue weighted by Gasteiger charge is -2.13. The van der Waals surface area contributed by atoms with Gasteiger partial charge in [-0.1, -0.05) is 6.92 Å². The standard InChI is InChI=1S/C12H18BrNO3/c1-7(4-9(3)15)6-14-12(16)11-8(2)5-10(13)17-11/h5,7,9,15H,4,6H2,1-3H3,(H,14,16). The second-order valence-corrected chi connectivity index (χ2v) is 5.24. The summed E-state index contributed by atoms with van der Waals surface area (Å²) in [5.74, 6) is 0.351. The third-order valence-electron chi connectivity index (χ3n) is 2.45. The lowest BCUT2D eigenvalue weighted by Crippen LogP contribution is -2.29. The van der Waals surface area contributed by atoms with Crippen LogP contribution in [0.3, 0.4) is 0 Å². The molecule has 4 nitrogen and oxygen atoms in total. The number of hydrogen-bond acceptors (Lipinski definition) is 3. The Morgan fingerprint density at radius 1 is 1.59 bits per heavy atom. The van der Waals surface area contributed by atoms with E-state index in [1.807, 2.05) is 13.8 Å². The van der Waals surface area contributed by atoms with Gasteiger partial charge in [-0.3, -0.25) is 4.79 Å². The second kappa shape index (κ2) is 6.21. The average Bonchev–Trinajstić information content (AvgIpc) is 2.53. The summed E-state index contributed by atoms with van der Waals surface area (Å²) in [4.78, 5) is 11.8. The number of nitrogens with one attached hydrogen (secondary N) is 1. The number of aryl methyl sites for hydroxylation is 1. The van der Waals surface area contributed by atoms with E-state index >= 15 is 0 Å². The van der Waals surface area contributed by atoms with Crippen molar-refractivity contribution < 1.29 is 14.3 Å². The van der Waals surface area contributed by atoms with Crippen molar-refractivity contribution in [2.45, 2.75) is 33.3 Å². The van der Waals surface area contributed by atoms with E-state index in [1.165, 1.54) is 0 Å². The van der Waals surface area contributed by atoms with Crippen LogP contribution in [0.5, 0.6) is 0 Å². The maximum atomic E-state index is 11.8. The SMILES string of the molecule is Cc1cc(Br)oc1C(=O)NCC(C)CC(C)O. The van der Waals surface area contributed by atoms with Crippen molar-refractivity contribution in [3.63, 3.8) is 0 Å². The number of rotatable bonds is 5. The fourth-order valence-electron chi connectivity index (χ4n) is 1.68. The topological polar surface area (TPSA) is 62.5 Å². The van der Waals surface area contributed by atoms with Crippen LogP contribution in [0, 0.1) is 12.8 Å². The summed E-state index contributed by atoms with van der Waals surface area (Å²) in [6, 6.07) is 1.76. The van der Waals surface area contributed by atoms with Gasteiger partial charge in [0.15, 0.2) is 10.4 Å². The van der Waals surface area contributed by atoms with Gasteiger partial charge in [0.05, 0.1) is 6.10 Å². The van der Waals surface area contributed by atoms with Gasteiger partial charge in [-0.05, 0) is 48.2 Å². The van der Waals surface area contributed by atoms with Gasteiger partial charge in [0.2, 0.25) is 0 Å². The van der Waals surface area contributed by atoms with E-state index in [0.29, 0.717) is 23.4 Å². The number of halogens is 1. The molecule has 0 fully saturated rings. The molecule has 0 spiro atoms. The molecule has 0 aliphatic heterocycles. The second-order valence-electron chi connectivity index (χ2n) is 4.46. The molecule has 0 aromatic carbocycles. The quantitative estimate of drug-likeness (QED) is 0.878. The van der Waals surface area contributed by atoms with Gasteiger partial charge < -0.3 is 14.8 Å². The molecule has 0 bridgehead atoms. The van der Waals surface area contributed by atoms with Gasteiger partial charge >= 0.3 is 0 Å². The molecule has 96 valence electrons. The lowest BCUT2D eigenvalue weighted by atomic mass is 10.0. The van der Waals surface area contributed by atoms with E-state index in [2.05, 4.69) is 21.2 Å². The molecule has 1 heterocycles. The zero-order chi connectivity index (χ0) is 13.0. The molecule has 2 unspecified atom stereocenters. The lowest BCUT2D eigenvalue weighted by molar-refractivity contribution is 0.0909. The molecule has 0 aliphatic rings. The molecule has 2 N–H and O–H groups in total. The first-order valence-corrected chi connectivity index (χ1v) is 6.41.